The number of fused-ring (bicyclic) bond motifs is 3. The Morgan fingerprint density at radius 1 is 1.03 bits per heavy atom. The number of nitrogens with zero attached hydrogens (tertiary/aromatic N) is 8. The van der Waals surface area contributed by atoms with E-state index in [0.29, 0.717) is 35.3 Å². The number of ether oxygens (including phenoxy) is 1. The van der Waals surface area contributed by atoms with Gasteiger partial charge in [0.15, 0.2) is 5.76 Å². The van der Waals surface area contributed by atoms with Crippen LogP contribution in [0.4, 0.5) is 11.9 Å². The number of nitrogens with two attached hydrogens (primary N) is 1. The number of rotatable bonds is 5. The van der Waals surface area contributed by atoms with Crippen LogP contribution in [0.1, 0.15) is 12.8 Å². The normalized spacial score (nSPS) is 20.4. The van der Waals surface area contributed by atoms with Crippen LogP contribution < -0.4 is 15.4 Å². The number of benzene rings is 1. The maximum atomic E-state index is 6.22. The molecule has 0 aliphatic carbocycles. The summed E-state index contributed by atoms with van der Waals surface area (Å²) in [6, 6.07) is 12.3. The van der Waals surface area contributed by atoms with E-state index in [4.69, 9.17) is 14.9 Å². The molecular formula is C26H27N9O2. The third kappa shape index (κ3) is 4.20. The predicted octanol–water partition coefficient (Wildman–Crippen LogP) is 2.89. The van der Waals surface area contributed by atoms with Crippen molar-refractivity contribution in [1.29, 1.82) is 0 Å². The molecule has 0 saturated carbocycles. The summed E-state index contributed by atoms with van der Waals surface area (Å²) < 4.78 is 13.1. The molecule has 0 amide bonds. The number of aromatic nitrogens is 6. The molecule has 1 aromatic carbocycles. The Bertz CT molecular complexity index is 1550. The quantitative estimate of drug-likeness (QED) is 0.388. The monoisotopic (exact) mass is 497 g/mol. The summed E-state index contributed by atoms with van der Waals surface area (Å²) in [5.74, 6) is 3.71. The SMILES string of the molecule is Nc1nc(N2CCN3C[C@@H](COc4ccc5cnccc5c4)CC[C@H]3C2)nc2nc(-c3ccco3)nn12. The third-order valence-electron chi connectivity index (χ3n) is 7.35. The van der Waals surface area contributed by atoms with Crippen molar-refractivity contribution in [3.63, 3.8) is 0 Å². The van der Waals surface area contributed by atoms with Crippen LogP contribution in [0.25, 0.3) is 28.1 Å². The molecule has 188 valence electrons. The van der Waals surface area contributed by atoms with E-state index in [0.717, 1.165) is 62.1 Å². The van der Waals surface area contributed by atoms with Crippen molar-refractivity contribution in [2.24, 2.45) is 5.92 Å². The summed E-state index contributed by atoms with van der Waals surface area (Å²) in [4.78, 5) is 22.7. The number of pyridine rings is 1. The van der Waals surface area contributed by atoms with Gasteiger partial charge in [-0.2, -0.15) is 19.5 Å². The van der Waals surface area contributed by atoms with Crippen LogP contribution in [0.2, 0.25) is 0 Å². The minimum absolute atomic E-state index is 0.263. The maximum Gasteiger partial charge on any atom is 0.259 e. The first kappa shape index (κ1) is 22.0. The Morgan fingerprint density at radius 2 is 2.00 bits per heavy atom. The lowest BCUT2D eigenvalue weighted by atomic mass is 9.91. The van der Waals surface area contributed by atoms with Gasteiger partial charge < -0.3 is 19.8 Å². The van der Waals surface area contributed by atoms with Crippen molar-refractivity contribution in [3.8, 4) is 17.3 Å². The van der Waals surface area contributed by atoms with Crippen LogP contribution in [0, 0.1) is 5.92 Å². The van der Waals surface area contributed by atoms with Crippen LogP contribution in [0.3, 0.4) is 0 Å². The van der Waals surface area contributed by atoms with Crippen molar-refractivity contribution < 1.29 is 9.15 Å². The molecule has 2 N–H and O–H groups in total. The maximum absolute atomic E-state index is 6.22. The van der Waals surface area contributed by atoms with E-state index in [9.17, 15) is 0 Å². The second-order valence-corrected chi connectivity index (χ2v) is 9.74. The number of hydrogen-bond donors (Lipinski definition) is 1. The zero-order valence-electron chi connectivity index (χ0n) is 20.3. The Morgan fingerprint density at radius 3 is 2.92 bits per heavy atom. The largest absolute Gasteiger partial charge is 0.493 e. The average molecular weight is 498 g/mol. The number of furan rings is 1. The molecule has 11 nitrogen and oxygen atoms in total. The van der Waals surface area contributed by atoms with Crippen molar-refractivity contribution >= 4 is 28.4 Å². The molecule has 0 radical (unpaired) electrons. The fraction of sp³-hybridized carbons (Fsp3) is 0.346. The van der Waals surface area contributed by atoms with E-state index in [1.54, 1.807) is 18.4 Å². The van der Waals surface area contributed by atoms with E-state index in [1.807, 2.05) is 24.5 Å². The Balaban J connectivity index is 0.996. The zero-order valence-corrected chi connectivity index (χ0v) is 20.3. The molecule has 2 saturated heterocycles. The average Bonchev–Trinajstić information content (AvgIpc) is 3.62. The third-order valence-corrected chi connectivity index (χ3v) is 7.35. The van der Waals surface area contributed by atoms with Crippen molar-refractivity contribution in [2.45, 2.75) is 18.9 Å². The molecule has 37 heavy (non-hydrogen) atoms. The molecule has 2 atom stereocenters. The highest BCUT2D eigenvalue weighted by Gasteiger charge is 2.34. The molecule has 2 aliphatic rings. The first-order chi connectivity index (χ1) is 18.2. The molecular weight excluding hydrogens is 470 g/mol. The molecule has 0 bridgehead atoms. The zero-order chi connectivity index (χ0) is 24.8. The number of piperazine rings is 1. The topological polar surface area (TPSA) is 124 Å². The Labute approximate surface area is 212 Å². The van der Waals surface area contributed by atoms with Gasteiger partial charge in [-0.05, 0) is 54.6 Å². The molecule has 2 fully saturated rings. The summed E-state index contributed by atoms with van der Waals surface area (Å²) in [6.45, 7) is 4.40. The number of nitrogen functional groups attached to an aromatic ring is 1. The molecule has 7 rings (SSSR count). The second kappa shape index (κ2) is 9.00. The molecule has 0 unspecified atom stereocenters. The molecule has 2 aliphatic heterocycles. The molecule has 6 heterocycles. The van der Waals surface area contributed by atoms with Gasteiger partial charge in [-0.15, -0.1) is 5.10 Å². The summed E-state index contributed by atoms with van der Waals surface area (Å²) in [6.07, 6.45) is 7.52. The van der Waals surface area contributed by atoms with E-state index < -0.39 is 0 Å². The second-order valence-electron chi connectivity index (χ2n) is 9.74. The van der Waals surface area contributed by atoms with Gasteiger partial charge in [0.25, 0.3) is 5.78 Å². The standard InChI is InChI=1S/C26H27N9O2/c27-24-30-25(31-26-29-23(32-35(24)26)22-2-1-11-36-22)34-10-9-33-14-17(3-5-20(33)15-34)16-37-21-6-4-19-13-28-8-7-18(19)12-21/h1-2,4,6-8,11-13,17,20H,3,5,9-10,14-16H2,(H2,27,29,30,31,32)/t17-,20-/m0/s1. The summed E-state index contributed by atoms with van der Waals surface area (Å²) in [7, 11) is 0. The lowest BCUT2D eigenvalue weighted by Crippen LogP contribution is -2.57. The van der Waals surface area contributed by atoms with Crippen LogP contribution in [-0.4, -0.2) is 73.3 Å². The van der Waals surface area contributed by atoms with Crippen LogP contribution in [-0.2, 0) is 0 Å². The predicted molar refractivity (Wildman–Crippen MR) is 138 cm³/mol. The van der Waals surface area contributed by atoms with E-state index in [1.165, 1.54) is 4.52 Å². The Kier molecular flexibility index (Phi) is 5.35. The highest BCUT2D eigenvalue weighted by molar-refractivity contribution is 5.82. The first-order valence-electron chi connectivity index (χ1n) is 12.6. The lowest BCUT2D eigenvalue weighted by Gasteiger charge is -2.46. The first-order valence-corrected chi connectivity index (χ1v) is 12.6. The summed E-state index contributed by atoms with van der Waals surface area (Å²) >= 11 is 0. The molecule has 0 spiro atoms. The van der Waals surface area contributed by atoms with Gasteiger partial charge in [0.05, 0.1) is 12.9 Å². The number of piperidine rings is 1. The van der Waals surface area contributed by atoms with Crippen LogP contribution in [0.5, 0.6) is 5.75 Å². The van der Waals surface area contributed by atoms with Crippen molar-refractivity contribution in [2.75, 3.05) is 43.4 Å². The molecule has 5 aromatic rings. The van der Waals surface area contributed by atoms with Crippen LogP contribution >= 0.6 is 0 Å². The van der Waals surface area contributed by atoms with Gasteiger partial charge in [-0.3, -0.25) is 9.88 Å². The number of hydrogen-bond acceptors (Lipinski definition) is 10. The van der Waals surface area contributed by atoms with Gasteiger partial charge in [-0.1, -0.05) is 0 Å². The van der Waals surface area contributed by atoms with Gasteiger partial charge >= 0.3 is 0 Å². The van der Waals surface area contributed by atoms with Crippen molar-refractivity contribution in [1.82, 2.24) is 34.4 Å². The summed E-state index contributed by atoms with van der Waals surface area (Å²) in [5, 5.41) is 6.66. The smallest absolute Gasteiger partial charge is 0.259 e. The number of anilines is 2. The van der Waals surface area contributed by atoms with Gasteiger partial charge in [0, 0.05) is 55.9 Å². The van der Waals surface area contributed by atoms with Crippen LogP contribution in [0.15, 0.2) is 59.5 Å². The highest BCUT2D eigenvalue weighted by atomic mass is 16.5. The Hall–Kier alpha value is -4.25. The van der Waals surface area contributed by atoms with Crippen molar-refractivity contribution in [3.05, 3.63) is 55.1 Å². The molecule has 4 aromatic heterocycles. The van der Waals surface area contributed by atoms with E-state index >= 15 is 0 Å². The lowest BCUT2D eigenvalue weighted by molar-refractivity contribution is 0.0726. The van der Waals surface area contributed by atoms with Gasteiger partial charge in [-0.25, -0.2) is 0 Å². The fourth-order valence-corrected chi connectivity index (χ4v) is 5.39. The van der Waals surface area contributed by atoms with Gasteiger partial charge in [0.1, 0.15) is 5.75 Å². The highest BCUT2D eigenvalue weighted by Crippen LogP contribution is 2.28. The van der Waals surface area contributed by atoms with Gasteiger partial charge in [0.2, 0.25) is 17.7 Å². The molecule has 11 heteroatoms. The summed E-state index contributed by atoms with van der Waals surface area (Å²) in [5.41, 5.74) is 6.22. The van der Waals surface area contributed by atoms with E-state index in [2.05, 4.69) is 47.0 Å². The minimum atomic E-state index is 0.263. The fourth-order valence-electron chi connectivity index (χ4n) is 5.39. The minimum Gasteiger partial charge on any atom is -0.493 e. The van der Waals surface area contributed by atoms with E-state index in [-0.39, 0.29) is 5.95 Å².